The molecule has 0 saturated carbocycles. The van der Waals surface area contributed by atoms with Crippen molar-refractivity contribution < 1.29 is 15.0 Å². The SMILES string of the molecule is O=C(O)c1sc(-n2cnc3ccc(O)cc32)nc1-c1ccccc1. The largest absolute Gasteiger partial charge is 0.508 e. The van der Waals surface area contributed by atoms with Crippen molar-refractivity contribution >= 4 is 28.3 Å². The topological polar surface area (TPSA) is 88.2 Å². The van der Waals surface area contributed by atoms with Gasteiger partial charge in [-0.2, -0.15) is 0 Å². The Morgan fingerprint density at radius 1 is 1.12 bits per heavy atom. The van der Waals surface area contributed by atoms with Crippen LogP contribution in [0.5, 0.6) is 5.75 Å². The fraction of sp³-hybridized carbons (Fsp3) is 0. The lowest BCUT2D eigenvalue weighted by Crippen LogP contribution is -1.95. The van der Waals surface area contributed by atoms with E-state index in [1.54, 1.807) is 29.1 Å². The van der Waals surface area contributed by atoms with Crippen LogP contribution in [-0.4, -0.2) is 30.7 Å². The smallest absolute Gasteiger partial charge is 0.348 e. The standard InChI is InChI=1S/C17H11N3O3S/c21-11-6-7-12-13(8-11)20(9-18-12)17-19-14(15(24-17)16(22)23)10-4-2-1-3-5-10/h1-9,21H,(H,22,23). The Labute approximate surface area is 140 Å². The number of carboxylic acid groups (broad SMARTS) is 1. The molecule has 0 bridgehead atoms. The molecule has 6 nitrogen and oxygen atoms in total. The minimum atomic E-state index is -1.02. The number of carbonyl (C=O) groups is 1. The van der Waals surface area contributed by atoms with E-state index in [-0.39, 0.29) is 10.6 Å². The molecular formula is C17H11N3O3S. The second kappa shape index (κ2) is 5.47. The highest BCUT2D eigenvalue weighted by Crippen LogP contribution is 2.32. The molecule has 0 aliphatic carbocycles. The fourth-order valence-corrected chi connectivity index (χ4v) is 3.41. The van der Waals surface area contributed by atoms with E-state index in [0.29, 0.717) is 21.9 Å². The summed E-state index contributed by atoms with van der Waals surface area (Å²) in [5, 5.41) is 19.7. The van der Waals surface area contributed by atoms with E-state index in [4.69, 9.17) is 0 Å². The molecule has 0 spiro atoms. The predicted octanol–water partition coefficient (Wildman–Crippen LogP) is 3.55. The van der Waals surface area contributed by atoms with Crippen molar-refractivity contribution in [2.75, 3.05) is 0 Å². The van der Waals surface area contributed by atoms with Crippen molar-refractivity contribution in [2.45, 2.75) is 0 Å². The molecular weight excluding hydrogens is 326 g/mol. The Kier molecular flexibility index (Phi) is 3.28. The second-order valence-electron chi connectivity index (χ2n) is 5.13. The summed E-state index contributed by atoms with van der Waals surface area (Å²) < 4.78 is 1.68. The second-order valence-corrected chi connectivity index (χ2v) is 6.11. The Morgan fingerprint density at radius 3 is 2.67 bits per heavy atom. The molecule has 7 heteroatoms. The van der Waals surface area contributed by atoms with Crippen LogP contribution in [0.3, 0.4) is 0 Å². The number of aromatic nitrogens is 3. The van der Waals surface area contributed by atoms with Crippen LogP contribution >= 0.6 is 11.3 Å². The van der Waals surface area contributed by atoms with Gasteiger partial charge in [-0.05, 0) is 12.1 Å². The van der Waals surface area contributed by atoms with Crippen molar-refractivity contribution in [3.05, 3.63) is 59.7 Å². The Bertz CT molecular complexity index is 1050. The van der Waals surface area contributed by atoms with Gasteiger partial charge in [-0.3, -0.25) is 4.57 Å². The number of fused-ring (bicyclic) bond motifs is 1. The quantitative estimate of drug-likeness (QED) is 0.597. The van der Waals surface area contributed by atoms with Gasteiger partial charge in [0.25, 0.3) is 0 Å². The number of thiazole rings is 1. The van der Waals surface area contributed by atoms with E-state index >= 15 is 0 Å². The number of imidazole rings is 1. The third-order valence-corrected chi connectivity index (χ3v) is 4.64. The van der Waals surface area contributed by atoms with Crippen molar-refractivity contribution in [2.24, 2.45) is 0 Å². The number of phenols is 1. The van der Waals surface area contributed by atoms with Gasteiger partial charge in [0.05, 0.1) is 16.7 Å². The molecule has 0 aliphatic heterocycles. The molecule has 0 atom stereocenters. The number of aromatic carboxylic acids is 1. The Balaban J connectivity index is 1.93. The van der Waals surface area contributed by atoms with Crippen molar-refractivity contribution in [1.82, 2.24) is 14.5 Å². The lowest BCUT2D eigenvalue weighted by molar-refractivity contribution is 0.0702. The van der Waals surface area contributed by atoms with Crippen LogP contribution in [0, 0.1) is 0 Å². The Hall–Kier alpha value is -3.19. The van der Waals surface area contributed by atoms with Gasteiger partial charge >= 0.3 is 5.97 Å². The maximum atomic E-state index is 11.6. The number of nitrogens with zero attached hydrogens (tertiary/aromatic N) is 3. The van der Waals surface area contributed by atoms with Gasteiger partial charge in [-0.1, -0.05) is 41.7 Å². The zero-order chi connectivity index (χ0) is 16.7. The molecule has 0 radical (unpaired) electrons. The number of rotatable bonds is 3. The first kappa shape index (κ1) is 14.4. The number of hydrogen-bond acceptors (Lipinski definition) is 5. The van der Waals surface area contributed by atoms with E-state index in [1.807, 2.05) is 30.3 Å². The van der Waals surface area contributed by atoms with Gasteiger partial charge in [-0.15, -0.1) is 0 Å². The average molecular weight is 337 g/mol. The molecule has 0 saturated heterocycles. The minimum Gasteiger partial charge on any atom is -0.508 e. The zero-order valence-electron chi connectivity index (χ0n) is 12.2. The predicted molar refractivity (Wildman–Crippen MR) is 90.8 cm³/mol. The molecule has 0 amide bonds. The van der Waals surface area contributed by atoms with E-state index in [1.165, 1.54) is 0 Å². The van der Waals surface area contributed by atoms with Crippen LogP contribution in [0.4, 0.5) is 0 Å². The first-order valence-corrected chi connectivity index (χ1v) is 7.91. The summed E-state index contributed by atoms with van der Waals surface area (Å²) in [7, 11) is 0. The lowest BCUT2D eigenvalue weighted by Gasteiger charge is -1.99. The molecule has 24 heavy (non-hydrogen) atoms. The van der Waals surface area contributed by atoms with Gasteiger partial charge in [0.15, 0.2) is 5.13 Å². The Morgan fingerprint density at radius 2 is 1.92 bits per heavy atom. The molecule has 0 fully saturated rings. The third-order valence-electron chi connectivity index (χ3n) is 3.59. The number of benzene rings is 2. The van der Waals surface area contributed by atoms with Gasteiger partial charge in [0.1, 0.15) is 17.0 Å². The maximum absolute atomic E-state index is 11.6. The summed E-state index contributed by atoms with van der Waals surface area (Å²) in [6.45, 7) is 0. The summed E-state index contributed by atoms with van der Waals surface area (Å²) in [6.07, 6.45) is 1.57. The number of carboxylic acids is 1. The van der Waals surface area contributed by atoms with Gasteiger partial charge in [-0.25, -0.2) is 14.8 Å². The summed E-state index contributed by atoms with van der Waals surface area (Å²) >= 11 is 1.07. The van der Waals surface area contributed by atoms with E-state index < -0.39 is 5.97 Å². The van der Waals surface area contributed by atoms with Crippen molar-refractivity contribution in [1.29, 1.82) is 0 Å². The number of aromatic hydroxyl groups is 1. The van der Waals surface area contributed by atoms with E-state index in [9.17, 15) is 15.0 Å². The molecule has 118 valence electrons. The highest BCUT2D eigenvalue weighted by atomic mass is 32.1. The van der Waals surface area contributed by atoms with Gasteiger partial charge in [0.2, 0.25) is 0 Å². The highest BCUT2D eigenvalue weighted by molar-refractivity contribution is 7.16. The molecule has 4 aromatic rings. The molecule has 0 aliphatic rings. The number of phenolic OH excluding ortho intramolecular Hbond substituents is 1. The van der Waals surface area contributed by atoms with E-state index in [0.717, 1.165) is 16.9 Å². The molecule has 2 aromatic carbocycles. The molecule has 2 aromatic heterocycles. The average Bonchev–Trinajstić information content (AvgIpc) is 3.19. The summed E-state index contributed by atoms with van der Waals surface area (Å²) in [5.41, 5.74) is 2.52. The van der Waals surface area contributed by atoms with Crippen molar-refractivity contribution in [3.8, 4) is 22.1 Å². The fourth-order valence-electron chi connectivity index (χ4n) is 2.50. The normalized spacial score (nSPS) is 11.0. The van der Waals surface area contributed by atoms with E-state index in [2.05, 4.69) is 9.97 Å². The van der Waals surface area contributed by atoms with Crippen LogP contribution in [0.2, 0.25) is 0 Å². The summed E-state index contributed by atoms with van der Waals surface area (Å²) in [5.74, 6) is -0.910. The van der Waals surface area contributed by atoms with Gasteiger partial charge < -0.3 is 10.2 Å². The van der Waals surface area contributed by atoms with Crippen LogP contribution in [0.25, 0.3) is 27.4 Å². The summed E-state index contributed by atoms with van der Waals surface area (Å²) in [6, 6.07) is 14.0. The summed E-state index contributed by atoms with van der Waals surface area (Å²) in [4.78, 5) is 20.5. The molecule has 2 N–H and O–H groups in total. The molecule has 2 heterocycles. The maximum Gasteiger partial charge on any atom is 0.348 e. The zero-order valence-corrected chi connectivity index (χ0v) is 13.1. The van der Waals surface area contributed by atoms with Crippen LogP contribution < -0.4 is 0 Å². The van der Waals surface area contributed by atoms with Gasteiger partial charge in [0, 0.05) is 11.6 Å². The highest BCUT2D eigenvalue weighted by Gasteiger charge is 2.20. The minimum absolute atomic E-state index is 0.113. The number of hydrogen-bond donors (Lipinski definition) is 2. The first-order chi connectivity index (χ1) is 11.6. The third kappa shape index (κ3) is 2.31. The van der Waals surface area contributed by atoms with Crippen LogP contribution in [0.15, 0.2) is 54.9 Å². The van der Waals surface area contributed by atoms with Crippen LogP contribution in [0.1, 0.15) is 9.67 Å². The lowest BCUT2D eigenvalue weighted by atomic mass is 10.1. The van der Waals surface area contributed by atoms with Crippen molar-refractivity contribution in [3.63, 3.8) is 0 Å². The molecule has 4 rings (SSSR count). The molecule has 0 unspecified atom stereocenters. The monoisotopic (exact) mass is 337 g/mol. The first-order valence-electron chi connectivity index (χ1n) is 7.09. The van der Waals surface area contributed by atoms with Crippen LogP contribution in [-0.2, 0) is 0 Å².